The Morgan fingerprint density at radius 2 is 1.55 bits per heavy atom. The monoisotopic (exact) mass is 381 g/mol. The number of nitrogens with zero attached hydrogens (tertiary/aromatic N) is 3. The van der Waals surface area contributed by atoms with Crippen molar-refractivity contribution in [2.45, 2.75) is 6.04 Å². The fourth-order valence-electron chi connectivity index (χ4n) is 3.62. The van der Waals surface area contributed by atoms with E-state index in [4.69, 9.17) is 0 Å². The number of carbonyl (C=O) groups is 1. The molecule has 2 N–H and O–H groups in total. The maximum absolute atomic E-state index is 11.2. The normalized spacial score (nSPS) is 15.7. The Balaban J connectivity index is 1.35. The van der Waals surface area contributed by atoms with E-state index >= 15 is 0 Å². The fourth-order valence-corrected chi connectivity index (χ4v) is 3.62. The number of hydrogen-bond acceptors (Lipinski definition) is 3. The fraction of sp³-hybridized carbons (Fsp3) is 0.0870. The summed E-state index contributed by atoms with van der Waals surface area (Å²) in [4.78, 5) is 27.9. The van der Waals surface area contributed by atoms with E-state index in [-0.39, 0.29) is 6.04 Å². The molecule has 3 heterocycles. The number of imidazole rings is 2. The van der Waals surface area contributed by atoms with Crippen molar-refractivity contribution in [1.82, 2.24) is 24.8 Å². The summed E-state index contributed by atoms with van der Waals surface area (Å²) < 4.78 is 0. The van der Waals surface area contributed by atoms with Crippen LogP contribution in [0.1, 0.15) is 11.9 Å². The molecule has 1 aliphatic heterocycles. The van der Waals surface area contributed by atoms with Gasteiger partial charge in [0.1, 0.15) is 11.9 Å². The second kappa shape index (κ2) is 7.24. The molecule has 0 bridgehead atoms. The zero-order chi connectivity index (χ0) is 19.6. The molecule has 0 aliphatic carbocycles. The van der Waals surface area contributed by atoms with Crippen LogP contribution in [-0.2, 0) is 4.79 Å². The summed E-state index contributed by atoms with van der Waals surface area (Å²) in [5, 5.41) is 0. The molecule has 6 nitrogen and oxygen atoms in total. The third kappa shape index (κ3) is 3.25. The Morgan fingerprint density at radius 3 is 2.17 bits per heavy atom. The van der Waals surface area contributed by atoms with E-state index in [0.717, 1.165) is 45.9 Å². The smallest absolute Gasteiger partial charge is 0.210 e. The first-order valence-electron chi connectivity index (χ1n) is 9.44. The molecule has 0 fully saturated rings. The second-order valence-electron chi connectivity index (χ2n) is 6.98. The topological polar surface area (TPSA) is 77.7 Å². The molecular weight excluding hydrogens is 362 g/mol. The maximum Gasteiger partial charge on any atom is 0.210 e. The van der Waals surface area contributed by atoms with Crippen LogP contribution in [0.25, 0.3) is 33.6 Å². The molecule has 1 amide bonds. The highest BCUT2D eigenvalue weighted by molar-refractivity contribution is 5.71. The molecule has 4 aromatic rings. The lowest BCUT2D eigenvalue weighted by Gasteiger charge is -2.17. The average molecular weight is 381 g/mol. The summed E-state index contributed by atoms with van der Waals surface area (Å²) in [6.07, 6.45) is 10.2. The lowest BCUT2D eigenvalue weighted by molar-refractivity contribution is -0.118. The van der Waals surface area contributed by atoms with Crippen molar-refractivity contribution in [3.05, 3.63) is 85.2 Å². The van der Waals surface area contributed by atoms with Crippen molar-refractivity contribution < 1.29 is 4.79 Å². The van der Waals surface area contributed by atoms with Gasteiger partial charge in [0.05, 0.1) is 30.1 Å². The molecule has 0 saturated heterocycles. The Hall–Kier alpha value is -3.93. The molecule has 0 radical (unpaired) electrons. The van der Waals surface area contributed by atoms with Crippen LogP contribution in [-0.4, -0.2) is 37.8 Å². The van der Waals surface area contributed by atoms with Gasteiger partial charge in [0.15, 0.2) is 0 Å². The van der Waals surface area contributed by atoms with E-state index in [2.05, 4.69) is 68.5 Å². The largest absolute Gasteiger partial charge is 0.345 e. The van der Waals surface area contributed by atoms with Gasteiger partial charge in [0, 0.05) is 6.54 Å². The van der Waals surface area contributed by atoms with E-state index in [1.165, 1.54) is 0 Å². The summed E-state index contributed by atoms with van der Waals surface area (Å²) in [6, 6.07) is 16.7. The predicted molar refractivity (Wildman–Crippen MR) is 112 cm³/mol. The summed E-state index contributed by atoms with van der Waals surface area (Å²) in [5.74, 6) is 0.777. The molecule has 1 aliphatic rings. The Kier molecular flexibility index (Phi) is 4.29. The highest BCUT2D eigenvalue weighted by Crippen LogP contribution is 2.28. The first-order valence-corrected chi connectivity index (χ1v) is 9.44. The predicted octanol–water partition coefficient (Wildman–Crippen LogP) is 4.20. The van der Waals surface area contributed by atoms with E-state index < -0.39 is 0 Å². The van der Waals surface area contributed by atoms with Gasteiger partial charge >= 0.3 is 0 Å². The summed E-state index contributed by atoms with van der Waals surface area (Å²) in [6.45, 7) is 0.623. The van der Waals surface area contributed by atoms with Gasteiger partial charge in [-0.25, -0.2) is 9.97 Å². The van der Waals surface area contributed by atoms with E-state index in [1.807, 2.05) is 24.5 Å². The lowest BCUT2D eigenvalue weighted by atomic mass is 10.0. The van der Waals surface area contributed by atoms with Crippen LogP contribution in [0.5, 0.6) is 0 Å². The second-order valence-corrected chi connectivity index (χ2v) is 6.98. The van der Waals surface area contributed by atoms with Gasteiger partial charge in [-0.15, -0.1) is 0 Å². The third-order valence-corrected chi connectivity index (χ3v) is 5.23. The molecule has 2 aromatic carbocycles. The molecule has 1 atom stereocenters. The van der Waals surface area contributed by atoms with E-state index in [0.29, 0.717) is 6.54 Å². The average Bonchev–Trinajstić information content (AvgIpc) is 3.55. The summed E-state index contributed by atoms with van der Waals surface area (Å²) >= 11 is 0. The van der Waals surface area contributed by atoms with Crippen LogP contribution in [0.3, 0.4) is 0 Å². The van der Waals surface area contributed by atoms with Gasteiger partial charge in [0.25, 0.3) is 0 Å². The van der Waals surface area contributed by atoms with Crippen LogP contribution in [0, 0.1) is 0 Å². The van der Waals surface area contributed by atoms with Crippen molar-refractivity contribution in [2.24, 2.45) is 0 Å². The van der Waals surface area contributed by atoms with Crippen molar-refractivity contribution in [2.75, 3.05) is 6.54 Å². The molecular formula is C23H19N5O. The minimum absolute atomic E-state index is 0.117. The first-order chi connectivity index (χ1) is 14.3. The molecule has 0 saturated carbocycles. The van der Waals surface area contributed by atoms with Gasteiger partial charge in [-0.05, 0) is 22.3 Å². The van der Waals surface area contributed by atoms with Crippen LogP contribution >= 0.6 is 0 Å². The summed E-state index contributed by atoms with van der Waals surface area (Å²) in [7, 11) is 0. The maximum atomic E-state index is 11.2. The highest BCUT2D eigenvalue weighted by Gasteiger charge is 2.22. The molecule has 2 aromatic heterocycles. The Bertz CT molecular complexity index is 1140. The zero-order valence-electron chi connectivity index (χ0n) is 15.6. The number of aromatic nitrogens is 4. The number of carbonyl (C=O) groups excluding carboxylic acids is 1. The van der Waals surface area contributed by atoms with E-state index in [1.54, 1.807) is 11.2 Å². The van der Waals surface area contributed by atoms with E-state index in [9.17, 15) is 4.79 Å². The molecule has 0 spiro atoms. The van der Waals surface area contributed by atoms with Crippen LogP contribution < -0.4 is 0 Å². The number of aromatic amines is 2. The number of rotatable bonds is 5. The molecule has 29 heavy (non-hydrogen) atoms. The van der Waals surface area contributed by atoms with Gasteiger partial charge < -0.3 is 14.9 Å². The third-order valence-electron chi connectivity index (χ3n) is 5.23. The quantitative estimate of drug-likeness (QED) is 0.402. The summed E-state index contributed by atoms with van der Waals surface area (Å²) in [5.41, 5.74) is 6.41. The standard InChI is InChI=1S/C23H19N5O/c29-15-28-11-1-2-22(28)23-25-13-21(27-23)19-9-5-17(6-10-19)16-3-7-18(8-4-16)20-12-24-14-26-20/h1-10,12-15,22H,11H2,(H,24,26)(H,25,27). The van der Waals surface area contributed by atoms with Crippen LogP contribution in [0.4, 0.5) is 0 Å². The molecule has 142 valence electrons. The number of benzene rings is 2. The van der Waals surface area contributed by atoms with Gasteiger partial charge in [-0.3, -0.25) is 4.79 Å². The molecule has 1 unspecified atom stereocenters. The Morgan fingerprint density at radius 1 is 0.897 bits per heavy atom. The number of nitrogens with one attached hydrogen (secondary N) is 2. The molecule has 5 rings (SSSR count). The number of H-pyrrole nitrogens is 2. The van der Waals surface area contributed by atoms with Crippen molar-refractivity contribution >= 4 is 6.41 Å². The Labute approximate surface area is 168 Å². The van der Waals surface area contributed by atoms with Crippen molar-refractivity contribution in [3.63, 3.8) is 0 Å². The van der Waals surface area contributed by atoms with Crippen molar-refractivity contribution in [3.8, 4) is 33.6 Å². The SMILES string of the molecule is O=CN1CC=CC1c1ncc(-c2ccc(-c3ccc(-c4cnc[nH]4)cc3)cc2)[nH]1. The van der Waals surface area contributed by atoms with Gasteiger partial charge in [-0.2, -0.15) is 0 Å². The zero-order valence-corrected chi connectivity index (χ0v) is 15.6. The van der Waals surface area contributed by atoms with Crippen molar-refractivity contribution in [1.29, 1.82) is 0 Å². The minimum atomic E-state index is -0.117. The van der Waals surface area contributed by atoms with Crippen LogP contribution in [0.2, 0.25) is 0 Å². The number of amides is 1. The lowest BCUT2D eigenvalue weighted by Crippen LogP contribution is -2.22. The highest BCUT2D eigenvalue weighted by atomic mass is 16.1. The van der Waals surface area contributed by atoms with Crippen LogP contribution in [0.15, 0.2) is 79.4 Å². The van der Waals surface area contributed by atoms with Gasteiger partial charge in [-0.1, -0.05) is 60.7 Å². The first kappa shape index (κ1) is 17.2. The van der Waals surface area contributed by atoms with Gasteiger partial charge in [0.2, 0.25) is 6.41 Å². The minimum Gasteiger partial charge on any atom is -0.345 e. The number of hydrogen-bond donors (Lipinski definition) is 2. The molecule has 6 heteroatoms.